The molecule has 1 aliphatic heterocycles. The van der Waals surface area contributed by atoms with Gasteiger partial charge in [-0.05, 0) is 25.1 Å². The molecule has 0 radical (unpaired) electrons. The van der Waals surface area contributed by atoms with Crippen molar-refractivity contribution in [3.63, 3.8) is 0 Å². The number of hydrogen-bond donors (Lipinski definition) is 2. The number of nitrogens with one attached hydrogen (secondary N) is 2. The van der Waals surface area contributed by atoms with Crippen LogP contribution in [0.25, 0.3) is 0 Å². The van der Waals surface area contributed by atoms with Crippen molar-refractivity contribution in [2.24, 2.45) is 0 Å². The van der Waals surface area contributed by atoms with E-state index in [0.29, 0.717) is 12.1 Å². The predicted octanol–water partition coefficient (Wildman–Crippen LogP) is 2.08. The third kappa shape index (κ3) is 2.39. The van der Waals surface area contributed by atoms with Crippen LogP contribution in [0.15, 0.2) is 22.7 Å². The van der Waals surface area contributed by atoms with Crippen LogP contribution in [0.1, 0.15) is 18.5 Å². The molecular weight excluding hydrogens is 268 g/mol. The van der Waals surface area contributed by atoms with Crippen LogP contribution < -0.4 is 15.4 Å². The van der Waals surface area contributed by atoms with E-state index in [1.165, 1.54) is 5.56 Å². The van der Waals surface area contributed by atoms with E-state index in [4.69, 9.17) is 4.74 Å². The first kappa shape index (κ1) is 11.9. The van der Waals surface area contributed by atoms with Crippen LogP contribution in [0.2, 0.25) is 0 Å². The van der Waals surface area contributed by atoms with Gasteiger partial charge >= 0.3 is 0 Å². The molecule has 1 fully saturated rings. The van der Waals surface area contributed by atoms with E-state index < -0.39 is 0 Å². The Kier molecular flexibility index (Phi) is 3.84. The molecule has 2 N–H and O–H groups in total. The molecule has 3 nitrogen and oxygen atoms in total. The van der Waals surface area contributed by atoms with E-state index in [1.807, 2.05) is 12.1 Å². The fourth-order valence-corrected chi connectivity index (χ4v) is 2.53. The van der Waals surface area contributed by atoms with E-state index in [9.17, 15) is 0 Å². The topological polar surface area (TPSA) is 33.3 Å². The zero-order valence-corrected chi connectivity index (χ0v) is 11.2. The molecule has 2 atom stereocenters. The summed E-state index contributed by atoms with van der Waals surface area (Å²) in [4.78, 5) is 0. The molecule has 4 heteroatoms. The maximum Gasteiger partial charge on any atom is 0.123 e. The van der Waals surface area contributed by atoms with Crippen molar-refractivity contribution in [1.29, 1.82) is 0 Å². The first-order chi connectivity index (χ1) is 7.72. The van der Waals surface area contributed by atoms with Gasteiger partial charge in [0.05, 0.1) is 13.2 Å². The molecule has 2 rings (SSSR count). The second-order valence-corrected chi connectivity index (χ2v) is 4.98. The van der Waals surface area contributed by atoms with Crippen LogP contribution in [0.4, 0.5) is 0 Å². The number of halogens is 1. The van der Waals surface area contributed by atoms with Crippen molar-refractivity contribution >= 4 is 15.9 Å². The molecule has 1 aliphatic rings. The standard InChI is InChI=1S/C12H17BrN2O/c1-8-12(15-6-5-14-8)10-7-9(13)3-4-11(10)16-2/h3-4,7-8,12,14-15H,5-6H2,1-2H3. The highest BCUT2D eigenvalue weighted by molar-refractivity contribution is 9.10. The van der Waals surface area contributed by atoms with Crippen molar-refractivity contribution < 1.29 is 4.74 Å². The van der Waals surface area contributed by atoms with Gasteiger partial charge in [0.25, 0.3) is 0 Å². The van der Waals surface area contributed by atoms with Crippen molar-refractivity contribution in [2.45, 2.75) is 19.0 Å². The molecule has 0 bridgehead atoms. The lowest BCUT2D eigenvalue weighted by atomic mass is 9.98. The highest BCUT2D eigenvalue weighted by Gasteiger charge is 2.24. The van der Waals surface area contributed by atoms with E-state index in [2.05, 4.69) is 39.6 Å². The Morgan fingerprint density at radius 2 is 2.06 bits per heavy atom. The van der Waals surface area contributed by atoms with Crippen LogP contribution in [0.3, 0.4) is 0 Å². The predicted molar refractivity (Wildman–Crippen MR) is 68.9 cm³/mol. The molecule has 0 spiro atoms. The lowest BCUT2D eigenvalue weighted by Crippen LogP contribution is -2.49. The molecule has 0 amide bonds. The van der Waals surface area contributed by atoms with Crippen LogP contribution in [0.5, 0.6) is 5.75 Å². The third-order valence-corrected chi connectivity index (χ3v) is 3.48. The smallest absolute Gasteiger partial charge is 0.123 e. The molecule has 0 aliphatic carbocycles. The summed E-state index contributed by atoms with van der Waals surface area (Å²) in [6, 6.07) is 6.85. The van der Waals surface area contributed by atoms with Crippen molar-refractivity contribution in [2.75, 3.05) is 20.2 Å². The normalized spacial score (nSPS) is 25.4. The van der Waals surface area contributed by atoms with E-state index in [-0.39, 0.29) is 0 Å². The third-order valence-electron chi connectivity index (χ3n) is 2.98. The number of methoxy groups -OCH3 is 1. The molecule has 1 saturated heterocycles. The van der Waals surface area contributed by atoms with Gasteiger partial charge in [0.1, 0.15) is 5.75 Å². The summed E-state index contributed by atoms with van der Waals surface area (Å²) in [5.41, 5.74) is 1.21. The van der Waals surface area contributed by atoms with Gasteiger partial charge in [-0.2, -0.15) is 0 Å². The Labute approximate surface area is 105 Å². The Morgan fingerprint density at radius 1 is 1.31 bits per heavy atom. The fourth-order valence-electron chi connectivity index (χ4n) is 2.15. The van der Waals surface area contributed by atoms with Crippen molar-refractivity contribution in [3.05, 3.63) is 28.2 Å². The van der Waals surface area contributed by atoms with E-state index in [1.54, 1.807) is 7.11 Å². The second-order valence-electron chi connectivity index (χ2n) is 4.06. The van der Waals surface area contributed by atoms with E-state index >= 15 is 0 Å². The minimum absolute atomic E-state index is 0.307. The molecule has 16 heavy (non-hydrogen) atoms. The molecule has 0 aromatic heterocycles. The highest BCUT2D eigenvalue weighted by atomic mass is 79.9. The van der Waals surface area contributed by atoms with Crippen LogP contribution in [-0.2, 0) is 0 Å². The first-order valence-corrected chi connectivity index (χ1v) is 6.32. The Bertz CT molecular complexity index is 370. The lowest BCUT2D eigenvalue weighted by Gasteiger charge is -2.32. The molecule has 2 unspecified atom stereocenters. The number of piperazine rings is 1. The summed E-state index contributed by atoms with van der Waals surface area (Å²) in [5.74, 6) is 0.941. The first-order valence-electron chi connectivity index (χ1n) is 5.52. The lowest BCUT2D eigenvalue weighted by molar-refractivity contribution is 0.330. The van der Waals surface area contributed by atoms with E-state index in [0.717, 1.165) is 23.3 Å². The summed E-state index contributed by atoms with van der Waals surface area (Å²) < 4.78 is 6.50. The van der Waals surface area contributed by atoms with Crippen molar-refractivity contribution in [1.82, 2.24) is 10.6 Å². The molecule has 88 valence electrons. The molecule has 1 heterocycles. The largest absolute Gasteiger partial charge is 0.496 e. The van der Waals surface area contributed by atoms with Gasteiger partial charge in [0.2, 0.25) is 0 Å². The minimum Gasteiger partial charge on any atom is -0.496 e. The zero-order valence-electron chi connectivity index (χ0n) is 9.59. The molecule has 0 saturated carbocycles. The van der Waals surface area contributed by atoms with Gasteiger partial charge in [0.15, 0.2) is 0 Å². The second kappa shape index (κ2) is 5.17. The molecule has 1 aromatic rings. The maximum atomic E-state index is 5.41. The SMILES string of the molecule is COc1ccc(Br)cc1C1NCCNC1C. The highest BCUT2D eigenvalue weighted by Crippen LogP contribution is 2.30. The monoisotopic (exact) mass is 284 g/mol. The van der Waals surface area contributed by atoms with Gasteiger partial charge in [-0.15, -0.1) is 0 Å². The maximum absolute atomic E-state index is 5.41. The number of hydrogen-bond acceptors (Lipinski definition) is 3. The van der Waals surface area contributed by atoms with Crippen LogP contribution >= 0.6 is 15.9 Å². The zero-order chi connectivity index (χ0) is 11.5. The Morgan fingerprint density at radius 3 is 2.75 bits per heavy atom. The summed E-state index contributed by atoms with van der Waals surface area (Å²) in [6.07, 6.45) is 0. The van der Waals surface area contributed by atoms with Gasteiger partial charge in [-0.1, -0.05) is 15.9 Å². The van der Waals surface area contributed by atoms with Gasteiger partial charge in [-0.25, -0.2) is 0 Å². The number of rotatable bonds is 2. The fraction of sp³-hybridized carbons (Fsp3) is 0.500. The van der Waals surface area contributed by atoms with Crippen molar-refractivity contribution in [3.8, 4) is 5.75 Å². The average molecular weight is 285 g/mol. The van der Waals surface area contributed by atoms with Gasteiger partial charge in [-0.3, -0.25) is 0 Å². The molecular formula is C12H17BrN2O. The summed E-state index contributed by atoms with van der Waals surface area (Å²) in [5, 5.41) is 6.99. The Hall–Kier alpha value is -0.580. The van der Waals surface area contributed by atoms with Crippen LogP contribution in [0, 0.1) is 0 Å². The van der Waals surface area contributed by atoms with Crippen LogP contribution in [-0.4, -0.2) is 26.2 Å². The van der Waals surface area contributed by atoms with Gasteiger partial charge < -0.3 is 15.4 Å². The summed E-state index contributed by atoms with van der Waals surface area (Å²) in [7, 11) is 1.72. The number of benzene rings is 1. The summed E-state index contributed by atoms with van der Waals surface area (Å²) >= 11 is 3.51. The average Bonchev–Trinajstić information content (AvgIpc) is 2.29. The van der Waals surface area contributed by atoms with Gasteiger partial charge in [0, 0.05) is 29.2 Å². The minimum atomic E-state index is 0.307. The quantitative estimate of drug-likeness (QED) is 0.873. The molecule has 1 aromatic carbocycles. The number of ether oxygens (including phenoxy) is 1. The summed E-state index contributed by atoms with van der Waals surface area (Å²) in [6.45, 7) is 4.20. The Balaban J connectivity index is 2.33.